The summed E-state index contributed by atoms with van der Waals surface area (Å²) in [6, 6.07) is 7.00. The Kier molecular flexibility index (Phi) is 7.22. The van der Waals surface area contributed by atoms with Gasteiger partial charge in [0.1, 0.15) is 0 Å². The first kappa shape index (κ1) is 16.6. The van der Waals surface area contributed by atoms with Gasteiger partial charge in [0, 0.05) is 19.7 Å². The lowest BCUT2D eigenvalue weighted by molar-refractivity contribution is 0.0257. The minimum absolute atomic E-state index is 0.326. The molecule has 1 rings (SSSR count). The fourth-order valence-electron chi connectivity index (χ4n) is 2.02. The number of hydrogen-bond donors (Lipinski definition) is 2. The van der Waals surface area contributed by atoms with E-state index in [1.807, 2.05) is 31.0 Å². The Hall–Kier alpha value is -1.43. The Balaban J connectivity index is 2.45. The van der Waals surface area contributed by atoms with Crippen molar-refractivity contribution < 1.29 is 19.7 Å². The molecule has 0 aliphatic heterocycles. The van der Waals surface area contributed by atoms with Gasteiger partial charge in [0.2, 0.25) is 0 Å². The van der Waals surface area contributed by atoms with Gasteiger partial charge in [-0.2, -0.15) is 0 Å². The second kappa shape index (κ2) is 8.68. The molecule has 1 aromatic carbocycles. The zero-order valence-electron chi connectivity index (χ0n) is 12.1. The first-order valence-corrected chi connectivity index (χ1v) is 6.80. The second-order valence-corrected chi connectivity index (χ2v) is 4.79. The molecular weight excluding hydrogens is 258 g/mol. The molecule has 0 fully saturated rings. The van der Waals surface area contributed by atoms with Gasteiger partial charge in [-0.3, -0.25) is 0 Å². The van der Waals surface area contributed by atoms with Gasteiger partial charge in [-0.1, -0.05) is 18.2 Å². The van der Waals surface area contributed by atoms with Crippen molar-refractivity contribution in [2.24, 2.45) is 0 Å². The number of carbonyl (C=O) groups is 1. The lowest BCUT2D eigenvalue weighted by Crippen LogP contribution is -2.33. The van der Waals surface area contributed by atoms with Crippen molar-refractivity contribution in [3.05, 3.63) is 35.4 Å². The predicted octanol–water partition coefficient (Wildman–Crippen LogP) is 1.26. The van der Waals surface area contributed by atoms with Crippen LogP contribution in [0.5, 0.6) is 0 Å². The first-order chi connectivity index (χ1) is 9.54. The Morgan fingerprint density at radius 2 is 2.10 bits per heavy atom. The Morgan fingerprint density at radius 1 is 1.40 bits per heavy atom. The van der Waals surface area contributed by atoms with Crippen LogP contribution in [0.2, 0.25) is 0 Å². The highest BCUT2D eigenvalue weighted by atomic mass is 16.5. The number of benzene rings is 1. The van der Waals surface area contributed by atoms with Crippen LogP contribution < -0.4 is 0 Å². The summed E-state index contributed by atoms with van der Waals surface area (Å²) in [7, 11) is 1.90. The molecule has 0 aromatic heterocycles. The summed E-state index contributed by atoms with van der Waals surface area (Å²) in [5.41, 5.74) is 1.15. The number of aliphatic hydroxyl groups excluding tert-OH is 1. The van der Waals surface area contributed by atoms with E-state index in [1.165, 1.54) is 0 Å². The molecule has 1 aromatic rings. The molecule has 0 amide bonds. The number of ether oxygens (including phenoxy) is 1. The van der Waals surface area contributed by atoms with E-state index in [0.717, 1.165) is 5.56 Å². The molecular formula is C15H23NO4. The maximum atomic E-state index is 11.1. The van der Waals surface area contributed by atoms with E-state index in [9.17, 15) is 9.90 Å². The molecule has 0 aliphatic carbocycles. The molecule has 20 heavy (non-hydrogen) atoms. The molecule has 2 N–H and O–H groups in total. The van der Waals surface area contributed by atoms with Crippen molar-refractivity contribution in [1.29, 1.82) is 0 Å². The largest absolute Gasteiger partial charge is 0.478 e. The lowest BCUT2D eigenvalue weighted by atomic mass is 10.0. The predicted molar refractivity (Wildman–Crippen MR) is 77.1 cm³/mol. The maximum absolute atomic E-state index is 11.1. The highest BCUT2D eigenvalue weighted by molar-refractivity contribution is 5.89. The second-order valence-electron chi connectivity index (χ2n) is 4.79. The molecule has 0 aliphatic rings. The van der Waals surface area contributed by atoms with Crippen molar-refractivity contribution in [3.8, 4) is 0 Å². The molecule has 0 spiro atoms. The molecule has 0 saturated carbocycles. The number of nitrogens with zero attached hydrogens (tertiary/aromatic N) is 1. The van der Waals surface area contributed by atoms with E-state index >= 15 is 0 Å². The van der Waals surface area contributed by atoms with Crippen LogP contribution in [0.4, 0.5) is 0 Å². The van der Waals surface area contributed by atoms with E-state index in [-0.39, 0.29) is 0 Å². The van der Waals surface area contributed by atoms with Crippen molar-refractivity contribution >= 4 is 5.97 Å². The van der Waals surface area contributed by atoms with Gasteiger partial charge in [0.05, 0.1) is 18.3 Å². The molecule has 0 saturated heterocycles. The van der Waals surface area contributed by atoms with E-state index in [4.69, 9.17) is 9.84 Å². The summed E-state index contributed by atoms with van der Waals surface area (Å²) >= 11 is 0. The molecule has 0 heterocycles. The summed E-state index contributed by atoms with van der Waals surface area (Å²) in [4.78, 5) is 13.1. The topological polar surface area (TPSA) is 70.0 Å². The van der Waals surface area contributed by atoms with Gasteiger partial charge >= 0.3 is 5.97 Å². The van der Waals surface area contributed by atoms with Crippen molar-refractivity contribution in [1.82, 2.24) is 4.90 Å². The monoisotopic (exact) mass is 281 g/mol. The highest BCUT2D eigenvalue weighted by Crippen LogP contribution is 2.10. The van der Waals surface area contributed by atoms with Crippen LogP contribution in [0.25, 0.3) is 0 Å². The normalized spacial score (nSPS) is 12.6. The van der Waals surface area contributed by atoms with Crippen LogP contribution in [-0.2, 0) is 11.2 Å². The number of rotatable bonds is 9. The van der Waals surface area contributed by atoms with E-state index < -0.39 is 12.1 Å². The van der Waals surface area contributed by atoms with E-state index in [1.54, 1.807) is 12.1 Å². The van der Waals surface area contributed by atoms with Crippen LogP contribution in [0.15, 0.2) is 24.3 Å². The maximum Gasteiger partial charge on any atom is 0.335 e. The zero-order valence-corrected chi connectivity index (χ0v) is 12.1. The third-order valence-corrected chi connectivity index (χ3v) is 3.05. The minimum Gasteiger partial charge on any atom is -0.478 e. The zero-order chi connectivity index (χ0) is 15.0. The fraction of sp³-hybridized carbons (Fsp3) is 0.533. The van der Waals surface area contributed by atoms with Crippen molar-refractivity contribution in [2.45, 2.75) is 19.4 Å². The third kappa shape index (κ3) is 5.69. The quantitative estimate of drug-likeness (QED) is 0.713. The van der Waals surface area contributed by atoms with Gasteiger partial charge in [-0.05, 0) is 32.0 Å². The summed E-state index contributed by atoms with van der Waals surface area (Å²) in [5, 5.41) is 18.8. The smallest absolute Gasteiger partial charge is 0.335 e. The van der Waals surface area contributed by atoms with Gasteiger partial charge in [0.25, 0.3) is 0 Å². The standard InChI is InChI=1S/C15H23NO4/c1-3-20-11-13(17)10-16(2)9-8-12-6-4-5-7-14(12)15(18)19/h4-7,13,17H,3,8-11H2,1-2H3,(H,18,19). The van der Waals surface area contributed by atoms with Gasteiger partial charge in [-0.25, -0.2) is 4.79 Å². The molecule has 1 unspecified atom stereocenters. The van der Waals surface area contributed by atoms with Crippen LogP contribution in [-0.4, -0.2) is 60.5 Å². The van der Waals surface area contributed by atoms with Crippen molar-refractivity contribution in [3.63, 3.8) is 0 Å². The van der Waals surface area contributed by atoms with Crippen molar-refractivity contribution in [2.75, 3.05) is 33.4 Å². The van der Waals surface area contributed by atoms with Gasteiger partial charge in [0.15, 0.2) is 0 Å². The molecule has 5 heteroatoms. The SMILES string of the molecule is CCOCC(O)CN(C)CCc1ccccc1C(=O)O. The van der Waals surface area contributed by atoms with E-state index in [2.05, 4.69) is 0 Å². The minimum atomic E-state index is -0.903. The molecule has 0 bridgehead atoms. The van der Waals surface area contributed by atoms with Crippen LogP contribution in [0.1, 0.15) is 22.8 Å². The Bertz CT molecular complexity index is 422. The summed E-state index contributed by atoms with van der Waals surface area (Å²) in [6.07, 6.45) is 0.120. The van der Waals surface area contributed by atoms with Crippen LogP contribution in [0.3, 0.4) is 0 Å². The Morgan fingerprint density at radius 3 is 2.75 bits per heavy atom. The highest BCUT2D eigenvalue weighted by Gasteiger charge is 2.11. The lowest BCUT2D eigenvalue weighted by Gasteiger charge is -2.20. The molecule has 112 valence electrons. The summed E-state index contributed by atoms with van der Waals surface area (Å²) < 4.78 is 5.16. The van der Waals surface area contributed by atoms with Crippen LogP contribution in [0, 0.1) is 0 Å². The number of aliphatic hydroxyl groups is 1. The first-order valence-electron chi connectivity index (χ1n) is 6.80. The average molecular weight is 281 g/mol. The fourth-order valence-corrected chi connectivity index (χ4v) is 2.02. The number of carboxylic acid groups (broad SMARTS) is 1. The molecule has 0 radical (unpaired) electrons. The number of likely N-dealkylation sites (N-methyl/N-ethyl adjacent to an activating group) is 1. The molecule has 5 nitrogen and oxygen atoms in total. The van der Waals surface area contributed by atoms with E-state index in [0.29, 0.717) is 38.3 Å². The number of hydrogen-bond acceptors (Lipinski definition) is 4. The number of aromatic carboxylic acids is 1. The molecule has 1 atom stereocenters. The average Bonchev–Trinajstić information content (AvgIpc) is 2.43. The summed E-state index contributed by atoms with van der Waals surface area (Å²) in [6.45, 7) is 4.00. The van der Waals surface area contributed by atoms with Gasteiger partial charge < -0.3 is 19.8 Å². The number of carboxylic acids is 1. The van der Waals surface area contributed by atoms with Gasteiger partial charge in [-0.15, -0.1) is 0 Å². The third-order valence-electron chi connectivity index (χ3n) is 3.05. The summed E-state index contributed by atoms with van der Waals surface area (Å²) in [5.74, 6) is -0.903. The van der Waals surface area contributed by atoms with Crippen LogP contribution >= 0.6 is 0 Å². The Labute approximate surface area is 119 Å².